The van der Waals surface area contributed by atoms with E-state index in [1.807, 2.05) is 0 Å². The first-order chi connectivity index (χ1) is 5.54. The van der Waals surface area contributed by atoms with Crippen LogP contribution in [0.4, 0.5) is 0 Å². The Labute approximate surface area is 80.9 Å². The van der Waals surface area contributed by atoms with Crippen LogP contribution in [0.5, 0.6) is 0 Å². The van der Waals surface area contributed by atoms with Gasteiger partial charge in [0.05, 0.1) is 5.37 Å². The van der Waals surface area contributed by atoms with Gasteiger partial charge >= 0.3 is 0 Å². The van der Waals surface area contributed by atoms with Crippen LogP contribution in [0.25, 0.3) is 0 Å². The van der Waals surface area contributed by atoms with Crippen molar-refractivity contribution >= 4 is 11.8 Å². The van der Waals surface area contributed by atoms with Gasteiger partial charge in [-0.2, -0.15) is 0 Å². The van der Waals surface area contributed by atoms with Crippen LogP contribution in [0.2, 0.25) is 0 Å². The van der Waals surface area contributed by atoms with Gasteiger partial charge in [0.25, 0.3) is 0 Å². The third-order valence-corrected chi connectivity index (χ3v) is 3.94. The van der Waals surface area contributed by atoms with Crippen LogP contribution in [-0.4, -0.2) is 28.1 Å². The first-order valence-electron chi connectivity index (χ1n) is 4.93. The summed E-state index contributed by atoms with van der Waals surface area (Å²) >= 11 is 2.10. The summed E-state index contributed by atoms with van der Waals surface area (Å²) in [5.41, 5.74) is 0. The Hall–Kier alpha value is 0.310. The molecule has 0 amide bonds. The second kappa shape index (κ2) is 4.01. The Morgan fingerprint density at radius 3 is 2.17 bits per heavy atom. The molecule has 1 aliphatic heterocycles. The van der Waals surface area contributed by atoms with E-state index in [1.165, 1.54) is 5.75 Å². The molecule has 2 atom stereocenters. The normalized spacial score (nSPS) is 32.2. The maximum absolute atomic E-state index is 2.65. The van der Waals surface area contributed by atoms with Crippen LogP contribution >= 0.6 is 11.8 Å². The summed E-state index contributed by atoms with van der Waals surface area (Å²) in [5, 5.41) is 0.720. The number of hydrogen-bond donors (Lipinski definition) is 0. The predicted molar refractivity (Wildman–Crippen MR) is 57.5 cm³/mol. The molecule has 12 heavy (non-hydrogen) atoms. The smallest absolute Gasteiger partial charge is 0.0534 e. The highest BCUT2D eigenvalue weighted by molar-refractivity contribution is 8.00. The number of hydrogen-bond acceptors (Lipinski definition) is 2. The first-order valence-corrected chi connectivity index (χ1v) is 5.98. The van der Waals surface area contributed by atoms with Gasteiger partial charge in [-0.3, -0.25) is 4.90 Å². The molecule has 0 aliphatic carbocycles. The van der Waals surface area contributed by atoms with E-state index < -0.39 is 0 Å². The molecule has 1 fully saturated rings. The maximum Gasteiger partial charge on any atom is 0.0534 e. The van der Waals surface area contributed by atoms with E-state index in [4.69, 9.17) is 0 Å². The van der Waals surface area contributed by atoms with Gasteiger partial charge in [-0.25, -0.2) is 0 Å². The number of rotatable bonds is 2. The van der Waals surface area contributed by atoms with Crippen molar-refractivity contribution in [2.45, 2.75) is 52.1 Å². The Morgan fingerprint density at radius 1 is 1.25 bits per heavy atom. The first kappa shape index (κ1) is 10.4. The Morgan fingerprint density at radius 2 is 1.83 bits per heavy atom. The zero-order valence-electron chi connectivity index (χ0n) is 8.87. The molecule has 72 valence electrons. The molecular weight excluding hydrogens is 166 g/mol. The highest BCUT2D eigenvalue weighted by Crippen LogP contribution is 2.33. The molecule has 1 saturated heterocycles. The summed E-state index contributed by atoms with van der Waals surface area (Å²) in [7, 11) is 0. The highest BCUT2D eigenvalue weighted by atomic mass is 32.2. The molecule has 0 radical (unpaired) electrons. The lowest BCUT2D eigenvalue weighted by Gasteiger charge is -2.33. The van der Waals surface area contributed by atoms with E-state index in [-0.39, 0.29) is 0 Å². The van der Waals surface area contributed by atoms with Crippen LogP contribution in [0.1, 0.15) is 34.6 Å². The molecule has 0 aromatic rings. The average molecular weight is 187 g/mol. The lowest BCUT2D eigenvalue weighted by atomic mass is 10.0. The van der Waals surface area contributed by atoms with Crippen LogP contribution in [0, 0.1) is 5.92 Å². The summed E-state index contributed by atoms with van der Waals surface area (Å²) in [5.74, 6) is 2.11. The third kappa shape index (κ3) is 1.97. The van der Waals surface area contributed by atoms with E-state index in [0.29, 0.717) is 6.04 Å². The van der Waals surface area contributed by atoms with Crippen molar-refractivity contribution in [1.82, 2.24) is 4.90 Å². The molecule has 1 unspecified atom stereocenters. The zero-order valence-corrected chi connectivity index (χ0v) is 9.69. The van der Waals surface area contributed by atoms with Gasteiger partial charge in [0.1, 0.15) is 0 Å². The van der Waals surface area contributed by atoms with Gasteiger partial charge < -0.3 is 0 Å². The Kier molecular flexibility index (Phi) is 3.47. The predicted octanol–water partition coefficient (Wildman–Crippen LogP) is 2.81. The molecule has 1 rings (SSSR count). The Bertz CT molecular complexity index is 145. The quantitative estimate of drug-likeness (QED) is 0.654. The third-order valence-electron chi connectivity index (χ3n) is 2.68. The zero-order chi connectivity index (χ0) is 9.30. The largest absolute Gasteiger partial charge is 0.285 e. The lowest BCUT2D eigenvalue weighted by molar-refractivity contribution is 0.141. The van der Waals surface area contributed by atoms with Gasteiger partial charge in [0.15, 0.2) is 0 Å². The molecule has 1 aliphatic rings. The van der Waals surface area contributed by atoms with Gasteiger partial charge in [-0.15, -0.1) is 11.8 Å². The van der Waals surface area contributed by atoms with Crippen LogP contribution in [0.15, 0.2) is 0 Å². The maximum atomic E-state index is 2.65. The Balaban J connectivity index is 2.64. The average Bonchev–Trinajstić information content (AvgIpc) is 2.30. The SMILES string of the molecule is CC(C)[C@@H]1CSC(C)N1C(C)C. The number of thioether (sulfide) groups is 1. The molecule has 0 aromatic carbocycles. The summed E-state index contributed by atoms with van der Waals surface area (Å²) in [6, 6.07) is 1.49. The van der Waals surface area contributed by atoms with Crippen molar-refractivity contribution in [3.63, 3.8) is 0 Å². The lowest BCUT2D eigenvalue weighted by Crippen LogP contribution is -2.43. The van der Waals surface area contributed by atoms with Gasteiger partial charge in [0, 0.05) is 17.8 Å². The molecule has 2 heteroatoms. The van der Waals surface area contributed by atoms with Gasteiger partial charge in [0.2, 0.25) is 0 Å². The molecule has 0 spiro atoms. The standard InChI is InChI=1S/C10H21NS/c1-7(2)10-6-12-9(5)11(10)8(3)4/h7-10H,6H2,1-5H3/t9?,10-/m0/s1. The topological polar surface area (TPSA) is 3.24 Å². The summed E-state index contributed by atoms with van der Waals surface area (Å²) in [6.45, 7) is 11.6. The monoisotopic (exact) mass is 187 g/mol. The summed E-state index contributed by atoms with van der Waals surface area (Å²) in [4.78, 5) is 2.65. The fourth-order valence-electron chi connectivity index (χ4n) is 2.02. The minimum Gasteiger partial charge on any atom is -0.285 e. The van der Waals surface area contributed by atoms with E-state index in [1.54, 1.807) is 0 Å². The van der Waals surface area contributed by atoms with Crippen molar-refractivity contribution in [1.29, 1.82) is 0 Å². The van der Waals surface area contributed by atoms with Crippen molar-refractivity contribution in [3.8, 4) is 0 Å². The fourth-order valence-corrected chi connectivity index (χ4v) is 3.62. The van der Waals surface area contributed by atoms with Gasteiger partial charge in [-0.05, 0) is 26.7 Å². The van der Waals surface area contributed by atoms with Crippen LogP contribution in [-0.2, 0) is 0 Å². The molecule has 1 nitrogen and oxygen atoms in total. The second-order valence-corrected chi connectivity index (χ2v) is 5.63. The second-order valence-electron chi connectivity index (χ2n) is 4.28. The van der Waals surface area contributed by atoms with E-state index in [2.05, 4.69) is 51.3 Å². The molecule has 0 bridgehead atoms. The summed E-state index contributed by atoms with van der Waals surface area (Å²) < 4.78 is 0. The minimum absolute atomic E-state index is 0.697. The molecule has 0 aromatic heterocycles. The van der Waals surface area contributed by atoms with Crippen molar-refractivity contribution in [2.75, 3.05) is 5.75 Å². The van der Waals surface area contributed by atoms with Crippen LogP contribution in [0.3, 0.4) is 0 Å². The number of nitrogens with zero attached hydrogens (tertiary/aromatic N) is 1. The highest BCUT2D eigenvalue weighted by Gasteiger charge is 2.34. The van der Waals surface area contributed by atoms with Crippen molar-refractivity contribution in [2.24, 2.45) is 5.92 Å². The summed E-state index contributed by atoms with van der Waals surface area (Å²) in [6.07, 6.45) is 0. The van der Waals surface area contributed by atoms with Crippen molar-refractivity contribution in [3.05, 3.63) is 0 Å². The molecule has 0 saturated carbocycles. The van der Waals surface area contributed by atoms with E-state index >= 15 is 0 Å². The fraction of sp³-hybridized carbons (Fsp3) is 1.00. The molecule has 0 N–H and O–H groups in total. The van der Waals surface area contributed by atoms with E-state index in [0.717, 1.165) is 17.3 Å². The van der Waals surface area contributed by atoms with Crippen LogP contribution < -0.4 is 0 Å². The minimum atomic E-state index is 0.697. The van der Waals surface area contributed by atoms with Gasteiger partial charge in [-0.1, -0.05) is 13.8 Å². The van der Waals surface area contributed by atoms with Crippen molar-refractivity contribution < 1.29 is 0 Å². The van der Waals surface area contributed by atoms with E-state index in [9.17, 15) is 0 Å². The molecular formula is C10H21NS. The molecule has 1 heterocycles.